The van der Waals surface area contributed by atoms with Gasteiger partial charge in [0.05, 0.1) is 24.7 Å². The summed E-state index contributed by atoms with van der Waals surface area (Å²) in [5.41, 5.74) is 2.85. The van der Waals surface area contributed by atoms with E-state index in [0.717, 1.165) is 40.2 Å². The van der Waals surface area contributed by atoms with Crippen molar-refractivity contribution in [1.29, 1.82) is 0 Å². The van der Waals surface area contributed by atoms with Gasteiger partial charge < -0.3 is 9.30 Å². The van der Waals surface area contributed by atoms with Gasteiger partial charge in [-0.15, -0.1) is 10.2 Å². The van der Waals surface area contributed by atoms with Gasteiger partial charge in [0.1, 0.15) is 5.75 Å². The van der Waals surface area contributed by atoms with E-state index >= 15 is 0 Å². The lowest BCUT2D eigenvalue weighted by molar-refractivity contribution is 0.415. The molecule has 2 aromatic carbocycles. The van der Waals surface area contributed by atoms with Gasteiger partial charge in [0, 0.05) is 17.9 Å². The van der Waals surface area contributed by atoms with Crippen LogP contribution in [0.3, 0.4) is 0 Å². The maximum atomic E-state index is 5.23. The maximum absolute atomic E-state index is 5.23. The monoisotopic (exact) mass is 392 g/mol. The highest BCUT2D eigenvalue weighted by molar-refractivity contribution is 7.98. The Morgan fingerprint density at radius 1 is 1.00 bits per heavy atom. The van der Waals surface area contributed by atoms with E-state index in [1.165, 1.54) is 0 Å². The van der Waals surface area contributed by atoms with Crippen LogP contribution < -0.4 is 4.74 Å². The summed E-state index contributed by atoms with van der Waals surface area (Å²) in [6.45, 7) is 2.87. The highest BCUT2D eigenvalue weighted by Gasteiger charge is 2.14. The number of nitrogens with zero attached hydrogens (tertiary/aromatic N) is 6. The van der Waals surface area contributed by atoms with Crippen molar-refractivity contribution >= 4 is 11.8 Å². The molecule has 28 heavy (non-hydrogen) atoms. The summed E-state index contributed by atoms with van der Waals surface area (Å²) in [6, 6.07) is 17.7. The van der Waals surface area contributed by atoms with Gasteiger partial charge in [-0.1, -0.05) is 30.0 Å². The van der Waals surface area contributed by atoms with Crippen LogP contribution in [0.25, 0.3) is 17.1 Å². The van der Waals surface area contributed by atoms with Crippen molar-refractivity contribution in [3.63, 3.8) is 0 Å². The number of rotatable bonds is 7. The highest BCUT2D eigenvalue weighted by atomic mass is 32.2. The average Bonchev–Trinajstić information content (AvgIpc) is 3.39. The van der Waals surface area contributed by atoms with E-state index in [1.807, 2.05) is 54.6 Å². The first kappa shape index (κ1) is 18.2. The van der Waals surface area contributed by atoms with Crippen molar-refractivity contribution in [2.24, 2.45) is 0 Å². The molecule has 2 aromatic heterocycles. The lowest BCUT2D eigenvalue weighted by atomic mass is 10.2. The Kier molecular flexibility index (Phi) is 5.38. The number of hydrogen-bond acceptors (Lipinski definition) is 6. The van der Waals surface area contributed by atoms with E-state index in [4.69, 9.17) is 4.74 Å². The molecule has 7 nitrogen and oxygen atoms in total. The predicted molar refractivity (Wildman–Crippen MR) is 109 cm³/mol. The van der Waals surface area contributed by atoms with Crippen LogP contribution in [0.15, 0.2) is 66.0 Å². The molecule has 4 aromatic rings. The Hall–Kier alpha value is -3.13. The fourth-order valence-electron chi connectivity index (χ4n) is 2.82. The molecule has 2 heterocycles. The van der Waals surface area contributed by atoms with Gasteiger partial charge in [-0.3, -0.25) is 0 Å². The largest absolute Gasteiger partial charge is 0.497 e. The van der Waals surface area contributed by atoms with Crippen LogP contribution in [0.2, 0.25) is 0 Å². The summed E-state index contributed by atoms with van der Waals surface area (Å²) in [4.78, 5) is 1.64. The molecule has 142 valence electrons. The van der Waals surface area contributed by atoms with E-state index in [2.05, 4.69) is 31.9 Å². The predicted octanol–water partition coefficient (Wildman–Crippen LogP) is 3.85. The molecule has 0 unspecified atom stereocenters. The van der Waals surface area contributed by atoms with Gasteiger partial charge in [-0.05, 0) is 43.3 Å². The first-order valence-electron chi connectivity index (χ1n) is 8.95. The Balaban J connectivity index is 1.50. The molecule has 4 rings (SSSR count). The van der Waals surface area contributed by atoms with Crippen LogP contribution in [0.5, 0.6) is 5.75 Å². The van der Waals surface area contributed by atoms with Crippen molar-refractivity contribution in [2.75, 3.05) is 7.11 Å². The summed E-state index contributed by atoms with van der Waals surface area (Å²) in [5.74, 6) is 2.34. The van der Waals surface area contributed by atoms with E-state index in [0.29, 0.717) is 5.75 Å². The third-order valence-electron chi connectivity index (χ3n) is 4.26. The summed E-state index contributed by atoms with van der Waals surface area (Å²) >= 11 is 1.61. The van der Waals surface area contributed by atoms with E-state index in [1.54, 1.807) is 29.9 Å². The third-order valence-corrected chi connectivity index (χ3v) is 5.26. The molecule has 0 fully saturated rings. The fraction of sp³-hybridized carbons (Fsp3) is 0.200. The zero-order valence-corrected chi connectivity index (χ0v) is 16.5. The molecule has 8 heteroatoms. The highest BCUT2D eigenvalue weighted by Crippen LogP contribution is 2.27. The number of thioether (sulfide) groups is 1. The second-order valence-electron chi connectivity index (χ2n) is 6.03. The number of para-hydroxylation sites is 1. The van der Waals surface area contributed by atoms with Gasteiger partial charge in [0.2, 0.25) is 0 Å². The average molecular weight is 392 g/mol. The molecule has 0 N–H and O–H groups in total. The Morgan fingerprint density at radius 2 is 1.79 bits per heavy atom. The van der Waals surface area contributed by atoms with Crippen LogP contribution in [0.1, 0.15) is 12.6 Å². The number of aromatic nitrogens is 6. The van der Waals surface area contributed by atoms with Crippen molar-refractivity contribution in [1.82, 2.24) is 29.8 Å². The third kappa shape index (κ3) is 3.77. The van der Waals surface area contributed by atoms with E-state index in [-0.39, 0.29) is 0 Å². The standard InChI is InChI=1S/C20H20N6OS/c1-3-25-19(15-9-11-18(27-2)12-10-15)22-23-20(25)28-14-16-13-21-26(24-16)17-7-5-4-6-8-17/h4-13H,3,14H2,1-2H3. The molecule has 0 bridgehead atoms. The van der Waals surface area contributed by atoms with Crippen LogP contribution in [-0.4, -0.2) is 36.9 Å². The molecule has 0 spiro atoms. The molecule has 0 aliphatic rings. The molecule has 0 radical (unpaired) electrons. The summed E-state index contributed by atoms with van der Waals surface area (Å²) < 4.78 is 7.33. The number of methoxy groups -OCH3 is 1. The number of hydrogen-bond donors (Lipinski definition) is 0. The second kappa shape index (κ2) is 8.26. The zero-order valence-electron chi connectivity index (χ0n) is 15.7. The fourth-order valence-corrected chi connectivity index (χ4v) is 3.70. The van der Waals surface area contributed by atoms with Gasteiger partial charge in [-0.25, -0.2) is 0 Å². The number of ether oxygens (including phenoxy) is 1. The molecule has 0 amide bonds. The Bertz CT molecular complexity index is 1040. The molecule has 0 atom stereocenters. The van der Waals surface area contributed by atoms with Crippen molar-refractivity contribution in [3.8, 4) is 22.8 Å². The zero-order chi connectivity index (χ0) is 19.3. The summed E-state index contributed by atoms with van der Waals surface area (Å²) in [7, 11) is 1.66. The minimum absolute atomic E-state index is 0.674. The van der Waals surface area contributed by atoms with Gasteiger partial charge in [0.15, 0.2) is 11.0 Å². The SMILES string of the molecule is CCn1c(SCc2cnn(-c3ccccc3)n2)nnc1-c1ccc(OC)cc1. The van der Waals surface area contributed by atoms with E-state index < -0.39 is 0 Å². The number of benzene rings is 2. The molecule has 0 saturated carbocycles. The maximum Gasteiger partial charge on any atom is 0.191 e. The molecular formula is C20H20N6OS. The van der Waals surface area contributed by atoms with Crippen molar-refractivity contribution in [2.45, 2.75) is 24.4 Å². The normalized spacial score (nSPS) is 10.9. The lowest BCUT2D eigenvalue weighted by Gasteiger charge is -2.07. The first-order valence-corrected chi connectivity index (χ1v) is 9.94. The van der Waals surface area contributed by atoms with Crippen molar-refractivity contribution in [3.05, 3.63) is 66.5 Å². The summed E-state index contributed by atoms with van der Waals surface area (Å²) in [5, 5.41) is 18.5. The van der Waals surface area contributed by atoms with Crippen LogP contribution >= 0.6 is 11.8 Å². The van der Waals surface area contributed by atoms with Gasteiger partial charge >= 0.3 is 0 Å². The summed E-state index contributed by atoms with van der Waals surface area (Å²) in [6.07, 6.45) is 1.79. The smallest absolute Gasteiger partial charge is 0.191 e. The topological polar surface area (TPSA) is 70.7 Å². The molecule has 0 saturated heterocycles. The van der Waals surface area contributed by atoms with Crippen LogP contribution in [0, 0.1) is 0 Å². The Morgan fingerprint density at radius 3 is 2.50 bits per heavy atom. The quantitative estimate of drug-likeness (QED) is 0.445. The minimum atomic E-state index is 0.674. The minimum Gasteiger partial charge on any atom is -0.497 e. The van der Waals surface area contributed by atoms with Gasteiger partial charge in [0.25, 0.3) is 0 Å². The van der Waals surface area contributed by atoms with Crippen LogP contribution in [-0.2, 0) is 12.3 Å². The first-order chi connectivity index (χ1) is 13.8. The Labute approximate surface area is 167 Å². The lowest BCUT2D eigenvalue weighted by Crippen LogP contribution is -2.00. The second-order valence-corrected chi connectivity index (χ2v) is 6.97. The molecule has 0 aliphatic heterocycles. The van der Waals surface area contributed by atoms with Crippen LogP contribution in [0.4, 0.5) is 0 Å². The van der Waals surface area contributed by atoms with Crippen molar-refractivity contribution < 1.29 is 4.74 Å². The van der Waals surface area contributed by atoms with Gasteiger partial charge in [-0.2, -0.15) is 15.0 Å². The van der Waals surface area contributed by atoms with E-state index in [9.17, 15) is 0 Å². The molecular weight excluding hydrogens is 372 g/mol. The molecule has 0 aliphatic carbocycles.